The predicted octanol–water partition coefficient (Wildman–Crippen LogP) is 1.59. The van der Waals surface area contributed by atoms with Crippen LogP contribution >= 0.6 is 0 Å². The average molecular weight is 222 g/mol. The Morgan fingerprint density at radius 3 is 2.62 bits per heavy atom. The van der Waals surface area contributed by atoms with Gasteiger partial charge in [0.05, 0.1) is 6.61 Å². The molecule has 1 N–H and O–H groups in total. The van der Waals surface area contributed by atoms with Crippen molar-refractivity contribution in [3.8, 4) is 5.75 Å². The highest BCUT2D eigenvalue weighted by atomic mass is 16.6. The van der Waals surface area contributed by atoms with Crippen LogP contribution in [0.2, 0.25) is 0 Å². The molecule has 1 aromatic rings. The third-order valence-electron chi connectivity index (χ3n) is 1.81. The first kappa shape index (κ1) is 12.3. The highest BCUT2D eigenvalue weighted by molar-refractivity contribution is 5.87. The van der Waals surface area contributed by atoms with Gasteiger partial charge in [-0.05, 0) is 30.7 Å². The summed E-state index contributed by atoms with van der Waals surface area (Å²) in [7, 11) is 0. The summed E-state index contributed by atoms with van der Waals surface area (Å²) < 4.78 is 9.61. The van der Waals surface area contributed by atoms with E-state index in [1.807, 2.05) is 0 Å². The van der Waals surface area contributed by atoms with E-state index in [4.69, 9.17) is 14.6 Å². The molecule has 0 heterocycles. The van der Waals surface area contributed by atoms with Crippen LogP contribution in [0.3, 0.4) is 0 Å². The summed E-state index contributed by atoms with van der Waals surface area (Å²) in [6, 6.07) is 6.98. The average Bonchev–Trinajstić information content (AvgIpc) is 2.29. The van der Waals surface area contributed by atoms with Gasteiger partial charge >= 0.3 is 5.97 Å². The maximum Gasteiger partial charge on any atom is 0.330 e. The number of carbonyl (C=O) groups is 1. The maximum absolute atomic E-state index is 11.0. The Hall–Kier alpha value is -1.81. The first-order valence-electron chi connectivity index (χ1n) is 4.95. The molecule has 0 aromatic heterocycles. The monoisotopic (exact) mass is 222 g/mol. The zero-order valence-corrected chi connectivity index (χ0v) is 9.05. The molecule has 16 heavy (non-hydrogen) atoms. The standard InChI is InChI=1S/C12H14O4/c1-2-15-12(14)8-5-10-3-6-11(7-4-10)16-9-13/h3-8,13H,2,9H2,1H3/b8-5+. The minimum atomic E-state index is -0.363. The van der Waals surface area contributed by atoms with Gasteiger partial charge in [0.25, 0.3) is 0 Å². The molecule has 0 spiro atoms. The fraction of sp³-hybridized carbons (Fsp3) is 0.250. The molecule has 0 fully saturated rings. The predicted molar refractivity (Wildman–Crippen MR) is 59.8 cm³/mol. The third-order valence-corrected chi connectivity index (χ3v) is 1.81. The van der Waals surface area contributed by atoms with Gasteiger partial charge in [-0.15, -0.1) is 0 Å². The molecule has 0 unspecified atom stereocenters. The van der Waals surface area contributed by atoms with Gasteiger partial charge in [-0.25, -0.2) is 4.79 Å². The number of rotatable bonds is 5. The highest BCUT2D eigenvalue weighted by Crippen LogP contribution is 2.12. The van der Waals surface area contributed by atoms with Crippen molar-refractivity contribution in [1.82, 2.24) is 0 Å². The number of aliphatic hydroxyl groups is 1. The van der Waals surface area contributed by atoms with Crippen LogP contribution in [0.25, 0.3) is 6.08 Å². The molecule has 0 atom stereocenters. The Bertz CT molecular complexity index is 354. The number of aliphatic hydroxyl groups excluding tert-OH is 1. The summed E-state index contributed by atoms with van der Waals surface area (Å²) in [5, 5.41) is 8.53. The van der Waals surface area contributed by atoms with E-state index in [9.17, 15) is 4.79 Å². The molecular weight excluding hydrogens is 208 g/mol. The number of hydrogen-bond donors (Lipinski definition) is 1. The second kappa shape index (κ2) is 6.63. The summed E-state index contributed by atoms with van der Waals surface area (Å²) in [5.74, 6) is 0.217. The normalized spacial score (nSPS) is 10.4. The van der Waals surface area contributed by atoms with Crippen LogP contribution in [-0.4, -0.2) is 24.5 Å². The van der Waals surface area contributed by atoms with E-state index in [2.05, 4.69) is 0 Å². The molecule has 0 saturated heterocycles. The molecular formula is C12H14O4. The van der Waals surface area contributed by atoms with E-state index in [1.165, 1.54) is 6.08 Å². The smallest absolute Gasteiger partial charge is 0.330 e. The minimum Gasteiger partial charge on any atom is -0.468 e. The number of esters is 1. The second-order valence-corrected chi connectivity index (χ2v) is 2.93. The van der Waals surface area contributed by atoms with E-state index in [0.29, 0.717) is 12.4 Å². The molecule has 0 radical (unpaired) electrons. The van der Waals surface area contributed by atoms with Crippen LogP contribution in [0.15, 0.2) is 30.3 Å². The lowest BCUT2D eigenvalue weighted by atomic mass is 10.2. The topological polar surface area (TPSA) is 55.8 Å². The van der Waals surface area contributed by atoms with Crippen molar-refractivity contribution in [2.75, 3.05) is 13.4 Å². The molecule has 4 heteroatoms. The molecule has 0 aliphatic rings. The van der Waals surface area contributed by atoms with Gasteiger partial charge in [0.2, 0.25) is 0 Å². The highest BCUT2D eigenvalue weighted by Gasteiger charge is 1.95. The summed E-state index contributed by atoms with van der Waals surface area (Å²) in [6.45, 7) is 1.78. The number of ether oxygens (including phenoxy) is 2. The summed E-state index contributed by atoms with van der Waals surface area (Å²) in [5.41, 5.74) is 0.860. The zero-order valence-electron chi connectivity index (χ0n) is 9.05. The number of hydrogen-bond acceptors (Lipinski definition) is 4. The third kappa shape index (κ3) is 4.14. The first-order chi connectivity index (χ1) is 7.76. The zero-order chi connectivity index (χ0) is 11.8. The van der Waals surface area contributed by atoms with Crippen molar-refractivity contribution in [3.63, 3.8) is 0 Å². The molecule has 86 valence electrons. The molecule has 4 nitrogen and oxygen atoms in total. The first-order valence-corrected chi connectivity index (χ1v) is 4.95. The van der Waals surface area contributed by atoms with Gasteiger partial charge in [0.1, 0.15) is 5.75 Å². The largest absolute Gasteiger partial charge is 0.468 e. The van der Waals surface area contributed by atoms with Crippen molar-refractivity contribution in [3.05, 3.63) is 35.9 Å². The Labute approximate surface area is 94.1 Å². The lowest BCUT2D eigenvalue weighted by Gasteiger charge is -2.01. The van der Waals surface area contributed by atoms with Crippen LogP contribution in [0.4, 0.5) is 0 Å². The van der Waals surface area contributed by atoms with Crippen LogP contribution in [0.5, 0.6) is 5.75 Å². The van der Waals surface area contributed by atoms with Crippen molar-refractivity contribution in [1.29, 1.82) is 0 Å². The van der Waals surface area contributed by atoms with Crippen molar-refractivity contribution in [2.45, 2.75) is 6.92 Å². The van der Waals surface area contributed by atoms with Crippen LogP contribution in [-0.2, 0) is 9.53 Å². The van der Waals surface area contributed by atoms with Crippen molar-refractivity contribution in [2.24, 2.45) is 0 Å². The Morgan fingerprint density at radius 2 is 2.06 bits per heavy atom. The quantitative estimate of drug-likeness (QED) is 0.467. The second-order valence-electron chi connectivity index (χ2n) is 2.93. The van der Waals surface area contributed by atoms with Crippen molar-refractivity contribution < 1.29 is 19.4 Å². The lowest BCUT2D eigenvalue weighted by Crippen LogP contribution is -1.98. The maximum atomic E-state index is 11.0. The van der Waals surface area contributed by atoms with Gasteiger partial charge < -0.3 is 14.6 Å². The van der Waals surface area contributed by atoms with Gasteiger partial charge in [-0.3, -0.25) is 0 Å². The number of carbonyl (C=O) groups excluding carboxylic acids is 1. The van der Waals surface area contributed by atoms with Crippen molar-refractivity contribution >= 4 is 12.0 Å². The molecule has 0 saturated carbocycles. The molecule has 1 aromatic carbocycles. The Morgan fingerprint density at radius 1 is 1.38 bits per heavy atom. The van der Waals surface area contributed by atoms with E-state index >= 15 is 0 Å². The van der Waals surface area contributed by atoms with E-state index in [0.717, 1.165) is 5.56 Å². The molecule has 0 aliphatic heterocycles. The Kier molecular flexibility index (Phi) is 5.08. The van der Waals surface area contributed by atoms with Gasteiger partial charge in [0, 0.05) is 6.08 Å². The minimum absolute atomic E-state index is 0.349. The fourth-order valence-electron chi connectivity index (χ4n) is 1.10. The van der Waals surface area contributed by atoms with Gasteiger partial charge in [-0.2, -0.15) is 0 Å². The van der Waals surface area contributed by atoms with Crippen LogP contribution in [0, 0.1) is 0 Å². The lowest BCUT2D eigenvalue weighted by molar-refractivity contribution is -0.137. The van der Waals surface area contributed by atoms with Crippen LogP contribution < -0.4 is 4.74 Å². The fourth-order valence-corrected chi connectivity index (χ4v) is 1.10. The van der Waals surface area contributed by atoms with E-state index < -0.39 is 0 Å². The van der Waals surface area contributed by atoms with E-state index in [1.54, 1.807) is 37.3 Å². The number of benzene rings is 1. The summed E-state index contributed by atoms with van der Waals surface area (Å²) >= 11 is 0. The molecule has 0 amide bonds. The molecule has 0 bridgehead atoms. The van der Waals surface area contributed by atoms with E-state index in [-0.39, 0.29) is 12.8 Å². The Balaban J connectivity index is 2.57. The molecule has 0 aliphatic carbocycles. The summed E-state index contributed by atoms with van der Waals surface area (Å²) in [4.78, 5) is 11.0. The molecule has 1 rings (SSSR count). The van der Waals surface area contributed by atoms with Gasteiger partial charge in [0.15, 0.2) is 6.79 Å². The van der Waals surface area contributed by atoms with Gasteiger partial charge in [-0.1, -0.05) is 12.1 Å². The summed E-state index contributed by atoms with van der Waals surface area (Å²) in [6.07, 6.45) is 3.02. The SMILES string of the molecule is CCOC(=O)/C=C/c1ccc(OCO)cc1. The van der Waals surface area contributed by atoms with Crippen LogP contribution in [0.1, 0.15) is 12.5 Å².